The predicted octanol–water partition coefficient (Wildman–Crippen LogP) is 5.82. The highest BCUT2D eigenvalue weighted by Crippen LogP contribution is 2.48. The summed E-state index contributed by atoms with van der Waals surface area (Å²) in [6.45, 7) is 3.62. The van der Waals surface area contributed by atoms with Crippen LogP contribution in [0, 0.1) is 0 Å². The molecule has 0 aliphatic carbocycles. The molecule has 0 bridgehead atoms. The first-order chi connectivity index (χ1) is 16.5. The quantitative estimate of drug-likeness (QED) is 0.391. The first-order valence-electron chi connectivity index (χ1n) is 11.4. The van der Waals surface area contributed by atoms with Gasteiger partial charge in [0.1, 0.15) is 5.82 Å². The maximum atomic E-state index is 13.6. The number of rotatable bonds is 4. The highest BCUT2D eigenvalue weighted by atomic mass is 16.3. The Labute approximate surface area is 199 Å². The Hall–Kier alpha value is -4.06. The third kappa shape index (κ3) is 3.61. The molecule has 0 N–H and O–H groups in total. The van der Waals surface area contributed by atoms with Gasteiger partial charge in [-0.25, -0.2) is 0 Å². The van der Waals surface area contributed by atoms with Gasteiger partial charge in [0, 0.05) is 43.0 Å². The minimum absolute atomic E-state index is 0.0389. The molecule has 5 rings (SSSR count). The number of hydrogen-bond donors (Lipinski definition) is 0. The summed E-state index contributed by atoms with van der Waals surface area (Å²) < 4.78 is 7.45. The van der Waals surface area contributed by atoms with E-state index in [1.807, 2.05) is 72.0 Å². The van der Waals surface area contributed by atoms with E-state index in [4.69, 9.17) is 4.42 Å². The molecular weight excluding hydrogens is 426 g/mol. The molecule has 0 radical (unpaired) electrons. The van der Waals surface area contributed by atoms with E-state index in [9.17, 15) is 9.59 Å². The van der Waals surface area contributed by atoms with Crippen LogP contribution >= 0.6 is 0 Å². The summed E-state index contributed by atoms with van der Waals surface area (Å²) in [4.78, 5) is 30.3. The van der Waals surface area contributed by atoms with Gasteiger partial charge in [0.15, 0.2) is 5.76 Å². The Morgan fingerprint density at radius 3 is 2.26 bits per heavy atom. The maximum Gasteiger partial charge on any atom is 0.295 e. The van der Waals surface area contributed by atoms with Crippen LogP contribution in [0.1, 0.15) is 42.4 Å². The largest absolute Gasteiger partial charge is 0.459 e. The molecule has 0 fully saturated rings. The fourth-order valence-corrected chi connectivity index (χ4v) is 5.09. The Bertz CT molecular complexity index is 1310. The number of aromatic nitrogens is 1. The van der Waals surface area contributed by atoms with Gasteiger partial charge in [-0.2, -0.15) is 0 Å². The van der Waals surface area contributed by atoms with Crippen molar-refractivity contribution in [1.29, 1.82) is 0 Å². The molecule has 34 heavy (non-hydrogen) atoms. The van der Waals surface area contributed by atoms with Crippen LogP contribution in [0.4, 0.5) is 11.5 Å². The van der Waals surface area contributed by atoms with E-state index >= 15 is 0 Å². The molecule has 0 spiro atoms. The van der Waals surface area contributed by atoms with Gasteiger partial charge in [-0.1, -0.05) is 48.5 Å². The molecule has 1 aliphatic heterocycles. The van der Waals surface area contributed by atoms with E-state index in [-0.39, 0.29) is 23.9 Å². The van der Waals surface area contributed by atoms with Crippen LogP contribution in [-0.2, 0) is 11.8 Å². The van der Waals surface area contributed by atoms with Crippen molar-refractivity contribution >= 4 is 23.3 Å². The van der Waals surface area contributed by atoms with E-state index in [0.717, 1.165) is 28.2 Å². The van der Waals surface area contributed by atoms with E-state index < -0.39 is 0 Å². The number of hydrogen-bond acceptors (Lipinski definition) is 3. The van der Waals surface area contributed by atoms with Crippen LogP contribution in [-0.4, -0.2) is 22.4 Å². The normalized spacial score (nSPS) is 17.3. The minimum atomic E-state index is -0.234. The van der Waals surface area contributed by atoms with E-state index in [2.05, 4.69) is 18.3 Å². The van der Waals surface area contributed by atoms with Gasteiger partial charge < -0.3 is 13.9 Å². The fraction of sp³-hybridized carbons (Fsp3) is 0.214. The van der Waals surface area contributed by atoms with Crippen molar-refractivity contribution in [2.24, 2.45) is 7.05 Å². The number of carbonyl (C=O) groups excluding carboxylic acids is 2. The molecule has 2 aromatic heterocycles. The van der Waals surface area contributed by atoms with Gasteiger partial charge in [-0.05, 0) is 43.2 Å². The number of furan rings is 1. The zero-order valence-electron chi connectivity index (χ0n) is 19.5. The average molecular weight is 454 g/mol. The Morgan fingerprint density at radius 1 is 0.971 bits per heavy atom. The molecular formula is C28H27N3O3. The number of benzene rings is 2. The van der Waals surface area contributed by atoms with Gasteiger partial charge in [0.25, 0.3) is 5.91 Å². The second-order valence-corrected chi connectivity index (χ2v) is 8.73. The molecule has 2 atom stereocenters. The van der Waals surface area contributed by atoms with Crippen molar-refractivity contribution in [2.45, 2.75) is 32.4 Å². The summed E-state index contributed by atoms with van der Waals surface area (Å²) in [5.74, 6) is 0.853. The summed E-state index contributed by atoms with van der Waals surface area (Å²) in [6, 6.07) is 22.9. The number of nitrogens with zero attached hydrogens (tertiary/aromatic N) is 3. The summed E-state index contributed by atoms with van der Waals surface area (Å²) >= 11 is 0. The Morgan fingerprint density at radius 2 is 1.65 bits per heavy atom. The summed E-state index contributed by atoms with van der Waals surface area (Å²) in [5, 5.41) is 0. The summed E-state index contributed by atoms with van der Waals surface area (Å²) in [7, 11) is 1.95. The topological polar surface area (TPSA) is 58.7 Å². The molecule has 0 saturated heterocycles. The van der Waals surface area contributed by atoms with E-state index in [0.29, 0.717) is 12.2 Å². The smallest absolute Gasteiger partial charge is 0.295 e. The lowest BCUT2D eigenvalue weighted by atomic mass is 9.88. The highest BCUT2D eigenvalue weighted by molar-refractivity contribution is 6.06. The first-order valence-corrected chi connectivity index (χ1v) is 11.4. The first kappa shape index (κ1) is 21.8. The lowest BCUT2D eigenvalue weighted by molar-refractivity contribution is -0.117. The van der Waals surface area contributed by atoms with Gasteiger partial charge in [-0.15, -0.1) is 0 Å². The van der Waals surface area contributed by atoms with Crippen LogP contribution < -0.4 is 9.80 Å². The molecule has 6 heteroatoms. The summed E-state index contributed by atoms with van der Waals surface area (Å²) in [5.41, 5.74) is 3.85. The number of anilines is 2. The number of carbonyl (C=O) groups is 2. The van der Waals surface area contributed by atoms with Crippen molar-refractivity contribution < 1.29 is 14.0 Å². The zero-order chi connectivity index (χ0) is 23.8. The molecule has 6 nitrogen and oxygen atoms in total. The third-order valence-electron chi connectivity index (χ3n) is 6.48. The molecule has 3 heterocycles. The second kappa shape index (κ2) is 8.71. The van der Waals surface area contributed by atoms with Crippen molar-refractivity contribution in [3.05, 3.63) is 96.6 Å². The highest BCUT2D eigenvalue weighted by Gasteiger charge is 2.42. The molecule has 172 valence electrons. The van der Waals surface area contributed by atoms with Gasteiger partial charge in [-0.3, -0.25) is 14.5 Å². The standard InChI is InChI=1S/C28H27N3O3/c1-19-17-24(31(20(2)32)22-13-8-5-9-14-22)26-23(21-11-6-4-7-12-21)18-29(3)27(26)30(19)28(33)25-15-10-16-34-25/h4-16,18-19,24H,17H2,1-3H3. The predicted molar refractivity (Wildman–Crippen MR) is 133 cm³/mol. The van der Waals surface area contributed by atoms with Crippen LogP contribution in [0.2, 0.25) is 0 Å². The Kier molecular flexibility index (Phi) is 5.57. The number of fused-ring (bicyclic) bond motifs is 1. The van der Waals surface area contributed by atoms with Crippen molar-refractivity contribution in [2.75, 3.05) is 9.80 Å². The monoisotopic (exact) mass is 453 g/mol. The number of aryl methyl sites for hydroxylation is 1. The Balaban J connectivity index is 1.74. The third-order valence-corrected chi connectivity index (χ3v) is 6.48. The lowest BCUT2D eigenvalue weighted by Crippen LogP contribution is -2.48. The lowest BCUT2D eigenvalue weighted by Gasteiger charge is -2.42. The molecule has 2 amide bonds. The van der Waals surface area contributed by atoms with Crippen LogP contribution in [0.3, 0.4) is 0 Å². The van der Waals surface area contributed by atoms with Crippen molar-refractivity contribution in [3.8, 4) is 11.1 Å². The van der Waals surface area contributed by atoms with Gasteiger partial charge in [0.2, 0.25) is 5.91 Å². The molecule has 2 aromatic carbocycles. The summed E-state index contributed by atoms with van der Waals surface area (Å²) in [6.07, 6.45) is 4.16. The second-order valence-electron chi connectivity index (χ2n) is 8.73. The zero-order valence-corrected chi connectivity index (χ0v) is 19.5. The van der Waals surface area contributed by atoms with Crippen molar-refractivity contribution in [1.82, 2.24) is 4.57 Å². The molecule has 1 aliphatic rings. The SMILES string of the molecule is CC(=O)N(c1ccccc1)C1CC(C)N(C(=O)c2ccco2)c2c1c(-c1ccccc1)cn2C. The molecule has 0 saturated carbocycles. The van der Waals surface area contributed by atoms with E-state index in [1.165, 1.54) is 6.26 Å². The van der Waals surface area contributed by atoms with Crippen molar-refractivity contribution in [3.63, 3.8) is 0 Å². The number of para-hydroxylation sites is 1. The maximum absolute atomic E-state index is 13.6. The number of amides is 2. The molecule has 4 aromatic rings. The van der Waals surface area contributed by atoms with Gasteiger partial charge >= 0.3 is 0 Å². The van der Waals surface area contributed by atoms with E-state index in [1.54, 1.807) is 24.0 Å². The fourth-order valence-electron chi connectivity index (χ4n) is 5.09. The van der Waals surface area contributed by atoms with Gasteiger partial charge in [0.05, 0.1) is 12.3 Å². The van der Waals surface area contributed by atoms with Crippen LogP contribution in [0.25, 0.3) is 11.1 Å². The van der Waals surface area contributed by atoms with Crippen LogP contribution in [0.15, 0.2) is 89.7 Å². The van der Waals surface area contributed by atoms with Crippen LogP contribution in [0.5, 0.6) is 0 Å². The average Bonchev–Trinajstić information content (AvgIpc) is 3.49. The minimum Gasteiger partial charge on any atom is -0.459 e. The molecule has 2 unspecified atom stereocenters.